The highest BCUT2D eigenvalue weighted by Gasteiger charge is 2.37. The van der Waals surface area contributed by atoms with Crippen molar-refractivity contribution >= 4 is 0 Å². The van der Waals surface area contributed by atoms with E-state index in [1.165, 1.54) is 0 Å². The van der Waals surface area contributed by atoms with Gasteiger partial charge in [-0.3, -0.25) is 9.88 Å². The zero-order valence-corrected chi connectivity index (χ0v) is 18.0. The van der Waals surface area contributed by atoms with Crippen LogP contribution in [0, 0.1) is 0 Å². The fourth-order valence-corrected chi connectivity index (χ4v) is 3.49. The molecule has 0 saturated carbocycles. The number of hydrogen-bond donors (Lipinski definition) is 2. The summed E-state index contributed by atoms with van der Waals surface area (Å²) >= 11 is 0. The van der Waals surface area contributed by atoms with Gasteiger partial charge in [0.25, 0.3) is 0 Å². The lowest BCUT2D eigenvalue weighted by Crippen LogP contribution is -2.32. The van der Waals surface area contributed by atoms with Crippen molar-refractivity contribution in [2.75, 3.05) is 13.2 Å². The summed E-state index contributed by atoms with van der Waals surface area (Å²) in [6.07, 6.45) is -9.86. The maximum Gasteiger partial charge on any atom is 0.416 e. The highest BCUT2D eigenvalue weighted by Crippen LogP contribution is 2.36. The summed E-state index contributed by atoms with van der Waals surface area (Å²) in [5.74, 6) is 0.375. The van der Waals surface area contributed by atoms with Gasteiger partial charge in [-0.2, -0.15) is 31.4 Å². The van der Waals surface area contributed by atoms with Gasteiger partial charge in [0.05, 0.1) is 36.9 Å². The monoisotopic (exact) mass is 488 g/mol. The molecule has 0 spiro atoms. The van der Waals surface area contributed by atoms with Crippen LogP contribution in [0.1, 0.15) is 41.0 Å². The molecule has 3 aromatic rings. The van der Waals surface area contributed by atoms with Crippen molar-refractivity contribution in [1.29, 1.82) is 0 Å². The number of nitrogens with zero attached hydrogens (tertiary/aromatic N) is 2. The van der Waals surface area contributed by atoms with Gasteiger partial charge in [-0.25, -0.2) is 9.89 Å². The van der Waals surface area contributed by atoms with E-state index in [1.807, 2.05) is 30.0 Å². The van der Waals surface area contributed by atoms with E-state index in [2.05, 4.69) is 15.2 Å². The molecule has 0 amide bonds. The Bertz CT molecular complexity index is 1090. The van der Waals surface area contributed by atoms with Gasteiger partial charge in [-0.15, -0.1) is 0 Å². The largest absolute Gasteiger partial charge is 0.416 e. The summed E-state index contributed by atoms with van der Waals surface area (Å²) in [6.45, 7) is 2.12. The molecule has 1 heterocycles. The summed E-state index contributed by atoms with van der Waals surface area (Å²) in [4.78, 5) is 15.8. The highest BCUT2D eigenvalue weighted by molar-refractivity contribution is 5.33. The quantitative estimate of drug-likeness (QED) is 0.420. The molecule has 184 valence electrons. The van der Waals surface area contributed by atoms with Gasteiger partial charge in [0.1, 0.15) is 5.82 Å². The number of ether oxygens (including phenoxy) is 1. The van der Waals surface area contributed by atoms with E-state index in [-0.39, 0.29) is 24.8 Å². The molecular formula is C22H22F6N4O2. The SMILES string of the molecule is CCN(Cc1n[nH]c(=O)[nH]1)[C@H](COCc1cc(C(F)(F)F)cc(C(F)(F)F)c1)c1ccccc1. The minimum atomic E-state index is -4.93. The number of rotatable bonds is 9. The van der Waals surface area contributed by atoms with Crippen molar-refractivity contribution in [3.63, 3.8) is 0 Å². The molecule has 0 radical (unpaired) electrons. The molecule has 0 saturated heterocycles. The Morgan fingerprint density at radius 1 is 1.00 bits per heavy atom. The van der Waals surface area contributed by atoms with E-state index in [9.17, 15) is 31.1 Å². The van der Waals surface area contributed by atoms with Crippen LogP contribution in [0.3, 0.4) is 0 Å². The average molecular weight is 488 g/mol. The Balaban J connectivity index is 1.81. The second kappa shape index (κ2) is 10.4. The Hall–Kier alpha value is -3.12. The highest BCUT2D eigenvalue weighted by atomic mass is 19.4. The smallest absolute Gasteiger partial charge is 0.375 e. The number of aromatic amines is 2. The molecule has 0 aliphatic rings. The number of alkyl halides is 6. The first kappa shape index (κ1) is 25.5. The predicted octanol–water partition coefficient (Wildman–Crippen LogP) is 4.92. The van der Waals surface area contributed by atoms with Crippen molar-refractivity contribution < 1.29 is 31.1 Å². The molecular weight excluding hydrogens is 466 g/mol. The zero-order chi connectivity index (χ0) is 24.9. The molecule has 2 N–H and O–H groups in total. The van der Waals surface area contributed by atoms with E-state index >= 15 is 0 Å². The fourth-order valence-electron chi connectivity index (χ4n) is 3.49. The summed E-state index contributed by atoms with van der Waals surface area (Å²) < 4.78 is 84.3. The van der Waals surface area contributed by atoms with Crippen LogP contribution in [-0.2, 0) is 30.2 Å². The number of H-pyrrole nitrogens is 2. The predicted molar refractivity (Wildman–Crippen MR) is 111 cm³/mol. The van der Waals surface area contributed by atoms with E-state index in [4.69, 9.17) is 4.74 Å². The normalized spacial score (nSPS) is 13.4. The molecule has 0 unspecified atom stereocenters. The Kier molecular flexibility index (Phi) is 7.82. The molecule has 0 bridgehead atoms. The summed E-state index contributed by atoms with van der Waals surface area (Å²) in [5.41, 5.74) is -2.67. The molecule has 12 heteroatoms. The lowest BCUT2D eigenvalue weighted by atomic mass is 10.0. The number of halogens is 6. The van der Waals surface area contributed by atoms with Crippen LogP contribution >= 0.6 is 0 Å². The minimum absolute atomic E-state index is 0.0237. The van der Waals surface area contributed by atoms with Crippen molar-refractivity contribution in [3.8, 4) is 0 Å². The van der Waals surface area contributed by atoms with Gasteiger partial charge in [-0.05, 0) is 35.9 Å². The van der Waals surface area contributed by atoms with Gasteiger partial charge in [0.15, 0.2) is 0 Å². The van der Waals surface area contributed by atoms with E-state index in [0.29, 0.717) is 24.5 Å². The maximum absolute atomic E-state index is 13.1. The van der Waals surface area contributed by atoms with Crippen LogP contribution in [0.2, 0.25) is 0 Å². The molecule has 2 aromatic carbocycles. The van der Waals surface area contributed by atoms with E-state index < -0.39 is 41.8 Å². The maximum atomic E-state index is 13.1. The van der Waals surface area contributed by atoms with E-state index in [1.54, 1.807) is 12.1 Å². The van der Waals surface area contributed by atoms with Crippen molar-refractivity contribution in [1.82, 2.24) is 20.1 Å². The molecule has 34 heavy (non-hydrogen) atoms. The van der Waals surface area contributed by atoms with Crippen LogP contribution < -0.4 is 5.69 Å². The van der Waals surface area contributed by atoms with Crippen LogP contribution in [0.15, 0.2) is 53.3 Å². The molecule has 3 rings (SSSR count). The second-order valence-corrected chi connectivity index (χ2v) is 7.54. The van der Waals surface area contributed by atoms with Crippen LogP contribution in [0.5, 0.6) is 0 Å². The first-order valence-corrected chi connectivity index (χ1v) is 10.3. The van der Waals surface area contributed by atoms with Crippen LogP contribution in [0.25, 0.3) is 0 Å². The van der Waals surface area contributed by atoms with E-state index in [0.717, 1.165) is 5.56 Å². The van der Waals surface area contributed by atoms with Gasteiger partial charge in [0, 0.05) is 0 Å². The second-order valence-electron chi connectivity index (χ2n) is 7.54. The average Bonchev–Trinajstić information content (AvgIpc) is 3.19. The number of hydrogen-bond acceptors (Lipinski definition) is 4. The lowest BCUT2D eigenvalue weighted by molar-refractivity contribution is -0.143. The summed E-state index contributed by atoms with van der Waals surface area (Å²) in [5, 5.41) is 6.16. The number of benzene rings is 2. The van der Waals surface area contributed by atoms with Crippen molar-refractivity contribution in [2.45, 2.75) is 38.5 Å². The third-order valence-electron chi connectivity index (χ3n) is 5.13. The number of likely N-dealkylation sites (N-methyl/N-ethyl adjacent to an activating group) is 1. The minimum Gasteiger partial charge on any atom is -0.375 e. The Labute approximate surface area is 190 Å². The van der Waals surface area contributed by atoms with Crippen LogP contribution in [0.4, 0.5) is 26.3 Å². The molecule has 1 atom stereocenters. The van der Waals surface area contributed by atoms with Crippen molar-refractivity contribution in [3.05, 3.63) is 87.1 Å². The van der Waals surface area contributed by atoms with Gasteiger partial charge in [-0.1, -0.05) is 37.3 Å². The first-order valence-electron chi connectivity index (χ1n) is 10.3. The first-order chi connectivity index (χ1) is 16.0. The zero-order valence-electron chi connectivity index (χ0n) is 18.0. The third kappa shape index (κ3) is 6.70. The number of aromatic nitrogens is 3. The topological polar surface area (TPSA) is 74.0 Å². The Morgan fingerprint density at radius 3 is 2.12 bits per heavy atom. The molecule has 6 nitrogen and oxygen atoms in total. The van der Waals surface area contributed by atoms with Crippen LogP contribution in [-0.4, -0.2) is 33.2 Å². The molecule has 0 aliphatic heterocycles. The fraction of sp³-hybridized carbons (Fsp3) is 0.364. The number of nitrogens with one attached hydrogen (secondary N) is 2. The molecule has 0 aliphatic carbocycles. The van der Waals surface area contributed by atoms with Gasteiger partial charge < -0.3 is 4.74 Å². The van der Waals surface area contributed by atoms with Crippen molar-refractivity contribution in [2.24, 2.45) is 0 Å². The molecule has 1 aromatic heterocycles. The third-order valence-corrected chi connectivity index (χ3v) is 5.13. The summed E-state index contributed by atoms with van der Waals surface area (Å²) in [7, 11) is 0. The lowest BCUT2D eigenvalue weighted by Gasteiger charge is -2.30. The Morgan fingerprint density at radius 2 is 1.62 bits per heavy atom. The standard InChI is InChI=1S/C22H22F6N4O2/c1-2-32(11-19-29-20(33)31-30-19)18(15-6-4-3-5-7-15)13-34-12-14-8-16(21(23,24)25)10-17(9-14)22(26,27)28/h3-10,18H,2,11-13H2,1H3,(H2,29,30,31,33)/t18-/m1/s1. The van der Waals surface area contributed by atoms with Gasteiger partial charge in [0.2, 0.25) is 0 Å². The summed E-state index contributed by atoms with van der Waals surface area (Å²) in [6, 6.07) is 10.1. The molecule has 0 fully saturated rings. The van der Waals surface area contributed by atoms with Gasteiger partial charge >= 0.3 is 18.0 Å².